The van der Waals surface area contributed by atoms with Crippen molar-refractivity contribution in [3.8, 4) is 0 Å². The Morgan fingerprint density at radius 3 is 2.12 bits per heavy atom. The highest BCUT2D eigenvalue weighted by molar-refractivity contribution is 7.09. The fraction of sp³-hybridized carbons (Fsp3) is 0.750. The minimum absolute atomic E-state index is 0.0477. The zero-order chi connectivity index (χ0) is 18.4. The lowest BCUT2D eigenvalue weighted by Gasteiger charge is -2.13. The van der Waals surface area contributed by atoms with Crippen LogP contribution in [0.1, 0.15) is 10.6 Å². The summed E-state index contributed by atoms with van der Waals surface area (Å²) in [5.74, 6) is 0.697. The van der Waals surface area contributed by atoms with E-state index in [1.807, 2.05) is 12.4 Å². The van der Waals surface area contributed by atoms with Crippen LogP contribution in [0.15, 0.2) is 5.51 Å². The standard InChI is InChI=1S/C6H8ClNS.C6H8N2O8/c1-5-6(2-3-7)9-4-8-5;9-7(10)15-3-1-13-6-4(16-8(11)12)2-14-5(3)6/h4H,2-3H2,1H3;3-6H,1-2H2/t;3-,4+,5-,6-/m.1/s1. The van der Waals surface area contributed by atoms with Crippen LogP contribution in [0.5, 0.6) is 0 Å². The molecule has 0 spiro atoms. The van der Waals surface area contributed by atoms with Crippen molar-refractivity contribution < 1.29 is 29.3 Å². The Kier molecular flexibility index (Phi) is 7.11. The molecule has 11 nitrogen and oxygen atoms in total. The van der Waals surface area contributed by atoms with Gasteiger partial charge in [0.25, 0.3) is 10.2 Å². The molecule has 0 bridgehead atoms. The normalized spacial score (nSPS) is 27.1. The molecule has 3 rings (SSSR count). The fourth-order valence-corrected chi connectivity index (χ4v) is 3.57. The average molecular weight is 398 g/mol. The maximum absolute atomic E-state index is 10.1. The van der Waals surface area contributed by atoms with Gasteiger partial charge in [-0.05, 0) is 13.3 Å². The zero-order valence-electron chi connectivity index (χ0n) is 13.1. The summed E-state index contributed by atoms with van der Waals surface area (Å²) in [5.41, 5.74) is 2.98. The number of hydrogen-bond donors (Lipinski definition) is 0. The summed E-state index contributed by atoms with van der Waals surface area (Å²) in [6.07, 6.45) is -2.16. The molecule has 0 amide bonds. The average Bonchev–Trinajstić information content (AvgIpc) is 3.21. The SMILES string of the molecule is Cc1ncsc1CCCl.O=[N+]([O-])O[C@H]1CO[C@H]2[C@@H]1OC[C@H]2O[N+](=O)[O-]. The summed E-state index contributed by atoms with van der Waals surface area (Å²) >= 11 is 7.22. The van der Waals surface area contributed by atoms with Gasteiger partial charge >= 0.3 is 0 Å². The third-order valence-corrected chi connectivity index (χ3v) is 4.76. The van der Waals surface area contributed by atoms with Crippen LogP contribution >= 0.6 is 22.9 Å². The number of hydrogen-bond acceptors (Lipinski definition) is 10. The first-order valence-corrected chi connectivity index (χ1v) is 8.64. The number of aryl methyl sites for hydroxylation is 2. The Labute approximate surface area is 151 Å². The van der Waals surface area contributed by atoms with Crippen LogP contribution in [0.2, 0.25) is 0 Å². The van der Waals surface area contributed by atoms with E-state index in [1.165, 1.54) is 4.88 Å². The maximum atomic E-state index is 10.1. The first-order chi connectivity index (χ1) is 11.9. The summed E-state index contributed by atoms with van der Waals surface area (Å²) < 4.78 is 10.2. The number of aromatic nitrogens is 1. The van der Waals surface area contributed by atoms with E-state index >= 15 is 0 Å². The molecule has 0 N–H and O–H groups in total. The predicted molar refractivity (Wildman–Crippen MR) is 84.5 cm³/mol. The summed E-state index contributed by atoms with van der Waals surface area (Å²) in [7, 11) is 0. The van der Waals surface area contributed by atoms with E-state index < -0.39 is 34.6 Å². The summed E-state index contributed by atoms with van der Waals surface area (Å²) in [4.78, 5) is 34.3. The molecule has 0 unspecified atom stereocenters. The Balaban J connectivity index is 0.000000212. The van der Waals surface area contributed by atoms with E-state index in [-0.39, 0.29) is 13.2 Å². The molecule has 0 aromatic carbocycles. The second-order valence-electron chi connectivity index (χ2n) is 5.13. The van der Waals surface area contributed by atoms with E-state index in [2.05, 4.69) is 14.7 Å². The van der Waals surface area contributed by atoms with Crippen LogP contribution in [0, 0.1) is 27.2 Å². The van der Waals surface area contributed by atoms with E-state index in [9.17, 15) is 20.2 Å². The highest BCUT2D eigenvalue weighted by Gasteiger charge is 2.51. The Morgan fingerprint density at radius 2 is 1.76 bits per heavy atom. The molecule has 1 aromatic rings. The van der Waals surface area contributed by atoms with Gasteiger partial charge in [0.15, 0.2) is 12.2 Å². The van der Waals surface area contributed by atoms with Crippen molar-refractivity contribution in [2.24, 2.45) is 0 Å². The molecule has 0 aliphatic carbocycles. The molecular weight excluding hydrogens is 382 g/mol. The van der Waals surface area contributed by atoms with Gasteiger partial charge in [-0.15, -0.1) is 43.2 Å². The van der Waals surface area contributed by atoms with Crippen molar-refractivity contribution in [2.45, 2.75) is 37.8 Å². The van der Waals surface area contributed by atoms with Gasteiger partial charge in [0.05, 0.1) is 24.4 Å². The number of rotatable bonds is 6. The van der Waals surface area contributed by atoms with Crippen molar-refractivity contribution in [3.05, 3.63) is 36.3 Å². The summed E-state index contributed by atoms with van der Waals surface area (Å²) in [6, 6.07) is 0. The number of halogens is 1. The summed E-state index contributed by atoms with van der Waals surface area (Å²) in [6.45, 7) is 1.92. The monoisotopic (exact) mass is 397 g/mol. The Hall–Kier alpha value is -1.76. The topological polar surface area (TPSA) is 136 Å². The lowest BCUT2D eigenvalue weighted by atomic mass is 10.1. The molecule has 2 saturated heterocycles. The minimum Gasteiger partial charge on any atom is -0.371 e. The quantitative estimate of drug-likeness (QED) is 0.393. The molecule has 0 radical (unpaired) electrons. The van der Waals surface area contributed by atoms with Gasteiger partial charge in [-0.2, -0.15) is 0 Å². The molecule has 25 heavy (non-hydrogen) atoms. The van der Waals surface area contributed by atoms with Gasteiger partial charge in [0.1, 0.15) is 12.2 Å². The van der Waals surface area contributed by atoms with E-state index in [0.29, 0.717) is 5.88 Å². The molecule has 2 aliphatic heterocycles. The second kappa shape index (κ2) is 9.08. The maximum Gasteiger partial charge on any atom is 0.294 e. The first-order valence-electron chi connectivity index (χ1n) is 7.22. The van der Waals surface area contributed by atoms with Gasteiger partial charge in [-0.1, -0.05) is 0 Å². The van der Waals surface area contributed by atoms with Crippen LogP contribution in [0.25, 0.3) is 0 Å². The van der Waals surface area contributed by atoms with Crippen LogP contribution in [0.3, 0.4) is 0 Å². The zero-order valence-corrected chi connectivity index (χ0v) is 14.7. The lowest BCUT2D eigenvalue weighted by molar-refractivity contribution is -0.769. The van der Waals surface area contributed by atoms with Crippen LogP contribution in [-0.4, -0.2) is 58.7 Å². The number of nitrogens with zero attached hydrogens (tertiary/aromatic N) is 3. The third kappa shape index (κ3) is 5.36. The largest absolute Gasteiger partial charge is 0.371 e. The fourth-order valence-electron chi connectivity index (χ4n) is 2.48. The second-order valence-corrected chi connectivity index (χ2v) is 6.45. The molecule has 140 valence electrons. The molecule has 4 atom stereocenters. The molecule has 1 aromatic heterocycles. The summed E-state index contributed by atoms with van der Waals surface area (Å²) in [5, 5.41) is 18.4. The highest BCUT2D eigenvalue weighted by atomic mass is 35.5. The van der Waals surface area contributed by atoms with Crippen LogP contribution in [-0.2, 0) is 25.6 Å². The molecule has 0 saturated carbocycles. The highest BCUT2D eigenvalue weighted by Crippen LogP contribution is 2.30. The van der Waals surface area contributed by atoms with E-state index in [1.54, 1.807) is 11.3 Å². The van der Waals surface area contributed by atoms with Gasteiger partial charge in [-0.25, -0.2) is 4.98 Å². The Bertz CT molecular complexity index is 573. The number of fused-ring (bicyclic) bond motifs is 1. The lowest BCUT2D eigenvalue weighted by Crippen LogP contribution is -2.35. The van der Waals surface area contributed by atoms with Crippen LogP contribution < -0.4 is 0 Å². The van der Waals surface area contributed by atoms with Gasteiger partial charge in [-0.3, -0.25) is 0 Å². The van der Waals surface area contributed by atoms with Crippen molar-refractivity contribution in [1.82, 2.24) is 4.98 Å². The number of thiazole rings is 1. The molecular formula is C12H16ClN3O8S. The first kappa shape index (κ1) is 19.6. The Morgan fingerprint density at radius 1 is 1.24 bits per heavy atom. The van der Waals surface area contributed by atoms with Crippen LogP contribution in [0.4, 0.5) is 0 Å². The predicted octanol–water partition coefficient (Wildman–Crippen LogP) is 1.17. The molecule has 13 heteroatoms. The van der Waals surface area contributed by atoms with Gasteiger partial charge < -0.3 is 19.1 Å². The minimum atomic E-state index is -0.943. The molecule has 3 heterocycles. The van der Waals surface area contributed by atoms with Gasteiger partial charge in [0.2, 0.25) is 0 Å². The van der Waals surface area contributed by atoms with Crippen molar-refractivity contribution in [2.75, 3.05) is 19.1 Å². The van der Waals surface area contributed by atoms with Gasteiger partial charge in [0, 0.05) is 10.8 Å². The smallest absolute Gasteiger partial charge is 0.294 e. The van der Waals surface area contributed by atoms with E-state index in [4.69, 9.17) is 21.1 Å². The third-order valence-electron chi connectivity index (χ3n) is 3.57. The van der Waals surface area contributed by atoms with E-state index in [0.717, 1.165) is 12.1 Å². The number of ether oxygens (including phenoxy) is 2. The number of alkyl halides is 1. The molecule has 2 aliphatic rings. The van der Waals surface area contributed by atoms with Crippen molar-refractivity contribution >= 4 is 22.9 Å². The van der Waals surface area contributed by atoms with Crippen molar-refractivity contribution in [1.29, 1.82) is 0 Å². The van der Waals surface area contributed by atoms with Crippen molar-refractivity contribution in [3.63, 3.8) is 0 Å². The molecule has 2 fully saturated rings.